The second kappa shape index (κ2) is 9.88. The molecule has 0 spiro atoms. The van der Waals surface area contributed by atoms with E-state index in [9.17, 15) is 9.59 Å². The monoisotopic (exact) mass is 479 g/mol. The molecule has 3 atom stereocenters. The number of nitrogens with one attached hydrogen (secondary N) is 2. The van der Waals surface area contributed by atoms with Crippen LogP contribution in [0.1, 0.15) is 67.0 Å². The van der Waals surface area contributed by atoms with Gasteiger partial charge in [-0.25, -0.2) is 4.98 Å². The Balaban J connectivity index is 1.03. The maximum Gasteiger partial charge on any atom is 0.224 e. The van der Waals surface area contributed by atoms with Crippen molar-refractivity contribution in [1.29, 1.82) is 0 Å². The number of Topliss-reactive ketones (excluding diaryl/α,β-unsaturated/α-hetero) is 1. The number of ketones is 1. The number of imidazole rings is 1. The highest BCUT2D eigenvalue weighted by Crippen LogP contribution is 2.47. The van der Waals surface area contributed by atoms with Gasteiger partial charge in [-0.05, 0) is 48.8 Å². The van der Waals surface area contributed by atoms with Crippen molar-refractivity contribution in [1.82, 2.24) is 15.3 Å². The molecule has 3 aliphatic rings. The number of aromatic amines is 1. The number of amides is 1. The van der Waals surface area contributed by atoms with E-state index < -0.39 is 0 Å². The van der Waals surface area contributed by atoms with Crippen molar-refractivity contribution < 1.29 is 9.59 Å². The summed E-state index contributed by atoms with van der Waals surface area (Å²) in [5.41, 5.74) is 5.48. The first-order valence-corrected chi connectivity index (χ1v) is 13.4. The van der Waals surface area contributed by atoms with Gasteiger partial charge in [0.05, 0.1) is 11.7 Å². The zero-order valence-corrected chi connectivity index (χ0v) is 20.6. The third-order valence-corrected chi connectivity index (χ3v) is 8.10. The molecule has 3 unspecified atom stereocenters. The first-order chi connectivity index (χ1) is 17.6. The summed E-state index contributed by atoms with van der Waals surface area (Å²) in [4.78, 5) is 33.4. The molecule has 184 valence electrons. The molecule has 0 radical (unpaired) electrons. The number of rotatable bonds is 8. The van der Waals surface area contributed by atoms with Crippen LogP contribution in [0.2, 0.25) is 0 Å². The molecule has 3 aromatic rings. The number of carbonyl (C=O) groups is 2. The minimum absolute atomic E-state index is 0.0184. The SMILES string of the molecule is O=C(CCc1ccc(-c2nc3c([nH]2)CC(NC(=O)C2CC2c2ccccc2)C=C3)cc1)C1CCCC1. The van der Waals surface area contributed by atoms with Crippen molar-refractivity contribution >= 4 is 17.8 Å². The van der Waals surface area contributed by atoms with Gasteiger partial charge in [-0.3, -0.25) is 9.59 Å². The fourth-order valence-corrected chi connectivity index (χ4v) is 5.84. The summed E-state index contributed by atoms with van der Waals surface area (Å²) in [7, 11) is 0. The normalized spacial score (nSPS) is 22.8. The third kappa shape index (κ3) is 4.92. The van der Waals surface area contributed by atoms with Crippen LogP contribution in [0.25, 0.3) is 17.5 Å². The number of hydrogen-bond donors (Lipinski definition) is 2. The molecular formula is C31H33N3O2. The molecule has 6 rings (SSSR count). The van der Waals surface area contributed by atoms with Crippen molar-refractivity contribution in [2.75, 3.05) is 0 Å². The molecule has 5 nitrogen and oxygen atoms in total. The predicted molar refractivity (Wildman–Crippen MR) is 141 cm³/mol. The van der Waals surface area contributed by atoms with Crippen LogP contribution in [0.5, 0.6) is 0 Å². The van der Waals surface area contributed by atoms with Gasteiger partial charge in [-0.15, -0.1) is 0 Å². The zero-order chi connectivity index (χ0) is 24.5. The Bertz CT molecular complexity index is 1270. The average molecular weight is 480 g/mol. The molecule has 0 bridgehead atoms. The van der Waals surface area contributed by atoms with Gasteiger partial charge < -0.3 is 10.3 Å². The van der Waals surface area contributed by atoms with Gasteiger partial charge in [0.25, 0.3) is 0 Å². The number of H-pyrrole nitrogens is 1. The Labute approximate surface area is 212 Å². The van der Waals surface area contributed by atoms with E-state index in [-0.39, 0.29) is 17.9 Å². The van der Waals surface area contributed by atoms with Gasteiger partial charge >= 0.3 is 0 Å². The highest BCUT2D eigenvalue weighted by Gasteiger charge is 2.44. The van der Waals surface area contributed by atoms with Gasteiger partial charge in [-0.2, -0.15) is 0 Å². The number of hydrogen-bond acceptors (Lipinski definition) is 3. The van der Waals surface area contributed by atoms with Crippen LogP contribution in [0.4, 0.5) is 0 Å². The standard InChI is InChI=1S/C31H33N3O2/c35-29(22-8-4-5-9-22)17-12-20-10-13-23(14-11-20)30-33-27-16-15-24(18-28(27)34-30)32-31(36)26-19-25(26)21-6-2-1-3-7-21/h1-3,6-7,10-11,13-16,22,24-26H,4-5,8-9,12,17-19H2,(H,32,36)(H,33,34). The fourth-order valence-electron chi connectivity index (χ4n) is 5.84. The van der Waals surface area contributed by atoms with Crippen LogP contribution >= 0.6 is 0 Å². The van der Waals surface area contributed by atoms with Crippen LogP contribution in [0.15, 0.2) is 60.7 Å². The summed E-state index contributed by atoms with van der Waals surface area (Å²) < 4.78 is 0. The van der Waals surface area contributed by atoms with Gasteiger partial charge in [0, 0.05) is 35.9 Å². The van der Waals surface area contributed by atoms with E-state index in [4.69, 9.17) is 4.98 Å². The number of benzene rings is 2. The molecule has 0 saturated heterocycles. The lowest BCUT2D eigenvalue weighted by Crippen LogP contribution is -2.37. The fraction of sp³-hybridized carbons (Fsp3) is 0.387. The number of carbonyl (C=O) groups excluding carboxylic acids is 2. The Morgan fingerprint density at radius 3 is 2.56 bits per heavy atom. The van der Waals surface area contributed by atoms with Crippen molar-refractivity contribution in [2.24, 2.45) is 11.8 Å². The van der Waals surface area contributed by atoms with Crippen molar-refractivity contribution in [3.8, 4) is 11.4 Å². The molecular weight excluding hydrogens is 446 g/mol. The van der Waals surface area contributed by atoms with Crippen molar-refractivity contribution in [3.63, 3.8) is 0 Å². The van der Waals surface area contributed by atoms with Gasteiger partial charge in [0.15, 0.2) is 0 Å². The third-order valence-electron chi connectivity index (χ3n) is 8.10. The van der Waals surface area contributed by atoms with Crippen LogP contribution in [0, 0.1) is 11.8 Å². The average Bonchev–Trinajstić information content (AvgIpc) is 3.31. The Hall–Kier alpha value is -3.47. The number of aromatic nitrogens is 2. The maximum atomic E-state index is 12.8. The van der Waals surface area contributed by atoms with Crippen LogP contribution in [-0.4, -0.2) is 27.7 Å². The first-order valence-electron chi connectivity index (χ1n) is 13.4. The minimum atomic E-state index is -0.0184. The lowest BCUT2D eigenvalue weighted by Gasteiger charge is -2.18. The molecule has 1 aromatic heterocycles. The first kappa shape index (κ1) is 23.0. The van der Waals surface area contributed by atoms with E-state index >= 15 is 0 Å². The van der Waals surface area contributed by atoms with Gasteiger partial charge in [0.1, 0.15) is 11.6 Å². The molecule has 2 saturated carbocycles. The van der Waals surface area contributed by atoms with Gasteiger partial charge in [0.2, 0.25) is 5.91 Å². The van der Waals surface area contributed by atoms with E-state index in [2.05, 4.69) is 52.8 Å². The highest BCUT2D eigenvalue weighted by atomic mass is 16.2. The van der Waals surface area contributed by atoms with E-state index in [0.29, 0.717) is 30.5 Å². The second-order valence-corrected chi connectivity index (χ2v) is 10.6. The number of aryl methyl sites for hydroxylation is 1. The Kier molecular flexibility index (Phi) is 6.30. The van der Waals surface area contributed by atoms with Gasteiger partial charge in [-0.1, -0.05) is 73.5 Å². The summed E-state index contributed by atoms with van der Waals surface area (Å²) in [6, 6.07) is 18.7. The maximum absolute atomic E-state index is 12.8. The molecule has 1 heterocycles. The Morgan fingerprint density at radius 2 is 1.78 bits per heavy atom. The predicted octanol–water partition coefficient (Wildman–Crippen LogP) is 5.63. The van der Waals surface area contributed by atoms with Crippen LogP contribution < -0.4 is 5.32 Å². The minimum Gasteiger partial charge on any atom is -0.349 e. The van der Waals surface area contributed by atoms with E-state index in [1.807, 2.05) is 24.3 Å². The molecule has 3 aliphatic carbocycles. The smallest absolute Gasteiger partial charge is 0.224 e. The molecule has 5 heteroatoms. The molecule has 0 aliphatic heterocycles. The summed E-state index contributed by atoms with van der Waals surface area (Å²) in [6.07, 6.45) is 11.7. The summed E-state index contributed by atoms with van der Waals surface area (Å²) in [5, 5.41) is 3.22. The molecule has 2 fully saturated rings. The quantitative estimate of drug-likeness (QED) is 0.440. The van der Waals surface area contributed by atoms with E-state index in [0.717, 1.165) is 48.5 Å². The highest BCUT2D eigenvalue weighted by molar-refractivity contribution is 5.83. The number of nitrogens with zero attached hydrogens (tertiary/aromatic N) is 1. The summed E-state index contributed by atoms with van der Waals surface area (Å²) >= 11 is 0. The molecule has 36 heavy (non-hydrogen) atoms. The summed E-state index contributed by atoms with van der Waals surface area (Å²) in [5.74, 6) is 2.14. The van der Waals surface area contributed by atoms with Crippen LogP contribution in [0.3, 0.4) is 0 Å². The Morgan fingerprint density at radius 1 is 1.00 bits per heavy atom. The van der Waals surface area contributed by atoms with Crippen LogP contribution in [-0.2, 0) is 22.4 Å². The lowest BCUT2D eigenvalue weighted by atomic mass is 9.96. The lowest BCUT2D eigenvalue weighted by molar-refractivity contribution is -0.123. The number of fused-ring (bicyclic) bond motifs is 1. The largest absolute Gasteiger partial charge is 0.349 e. The molecule has 1 amide bonds. The molecule has 2 aromatic carbocycles. The molecule has 2 N–H and O–H groups in total. The van der Waals surface area contributed by atoms with E-state index in [1.54, 1.807) is 0 Å². The zero-order valence-electron chi connectivity index (χ0n) is 20.6. The van der Waals surface area contributed by atoms with E-state index in [1.165, 1.54) is 24.0 Å². The second-order valence-electron chi connectivity index (χ2n) is 10.6. The van der Waals surface area contributed by atoms with Crippen molar-refractivity contribution in [3.05, 3.63) is 83.2 Å². The summed E-state index contributed by atoms with van der Waals surface area (Å²) in [6.45, 7) is 0. The topological polar surface area (TPSA) is 74.8 Å². The van der Waals surface area contributed by atoms with Crippen molar-refractivity contribution in [2.45, 2.75) is 63.3 Å².